The van der Waals surface area contributed by atoms with Gasteiger partial charge in [0.25, 0.3) is 8.32 Å². The maximum Gasteiger partial charge on any atom is 0.333 e. The number of aliphatic carboxylic acids is 1. The fraction of sp³-hybridized carbons (Fsp3) is 0.409. The van der Waals surface area contributed by atoms with Gasteiger partial charge in [0.1, 0.15) is 0 Å². The van der Waals surface area contributed by atoms with Crippen LogP contribution in [0.25, 0.3) is 0 Å². The molecular weight excluding hydrogens is 356 g/mol. The summed E-state index contributed by atoms with van der Waals surface area (Å²) in [5.41, 5.74) is -0.918. The van der Waals surface area contributed by atoms with Gasteiger partial charge in [0.05, 0.1) is 0 Å². The predicted molar refractivity (Wildman–Crippen MR) is 111 cm³/mol. The van der Waals surface area contributed by atoms with Crippen LogP contribution in [0.3, 0.4) is 0 Å². The number of aliphatic hydroxyl groups is 1. The molecule has 2 N–H and O–H groups in total. The van der Waals surface area contributed by atoms with Gasteiger partial charge in [-0.25, -0.2) is 4.79 Å². The van der Waals surface area contributed by atoms with Crippen molar-refractivity contribution >= 4 is 24.7 Å². The molecule has 2 aromatic rings. The lowest BCUT2D eigenvalue weighted by molar-refractivity contribution is -0.154. The minimum absolute atomic E-state index is 0.147. The van der Waals surface area contributed by atoms with Crippen LogP contribution in [0.5, 0.6) is 0 Å². The van der Waals surface area contributed by atoms with Crippen molar-refractivity contribution in [1.29, 1.82) is 0 Å². The van der Waals surface area contributed by atoms with Crippen LogP contribution < -0.4 is 10.4 Å². The van der Waals surface area contributed by atoms with Crippen LogP contribution in [0.2, 0.25) is 5.04 Å². The fourth-order valence-electron chi connectivity index (χ4n) is 3.47. The predicted octanol–water partition coefficient (Wildman–Crippen LogP) is 3.03. The van der Waals surface area contributed by atoms with E-state index < -0.39 is 25.8 Å². The van der Waals surface area contributed by atoms with Crippen molar-refractivity contribution in [3.05, 3.63) is 60.7 Å². The van der Waals surface area contributed by atoms with E-state index >= 15 is 0 Å². The number of carboxylic acids is 1. The second-order valence-electron chi connectivity index (χ2n) is 8.68. The van der Waals surface area contributed by atoms with Crippen molar-refractivity contribution in [3.8, 4) is 0 Å². The normalized spacial score (nSPS) is 14.0. The van der Waals surface area contributed by atoms with E-state index in [1.807, 2.05) is 36.4 Å². The lowest BCUT2D eigenvalue weighted by Crippen LogP contribution is -2.67. The van der Waals surface area contributed by atoms with Gasteiger partial charge in [-0.3, -0.25) is 0 Å². The zero-order chi connectivity index (χ0) is 20.3. The minimum atomic E-state index is -2.74. The first kappa shape index (κ1) is 21.3. The summed E-state index contributed by atoms with van der Waals surface area (Å²) in [5, 5.41) is 21.4. The van der Waals surface area contributed by atoms with Gasteiger partial charge in [0.2, 0.25) is 0 Å². The topological polar surface area (TPSA) is 66.8 Å². The number of hydrogen-bond donors (Lipinski definition) is 2. The van der Waals surface area contributed by atoms with Crippen LogP contribution in [-0.4, -0.2) is 37.2 Å². The fourth-order valence-corrected chi connectivity index (χ4v) is 8.21. The van der Waals surface area contributed by atoms with Crippen molar-refractivity contribution in [2.24, 2.45) is 5.41 Å². The lowest BCUT2D eigenvalue weighted by Gasteiger charge is -2.45. The molecule has 0 bridgehead atoms. The number of aliphatic hydroxyl groups excluding tert-OH is 1. The van der Waals surface area contributed by atoms with Gasteiger partial charge in [-0.2, -0.15) is 0 Å². The molecule has 146 valence electrons. The van der Waals surface area contributed by atoms with E-state index in [0.717, 1.165) is 10.4 Å². The number of carbonyl (C=O) groups is 1. The third kappa shape index (κ3) is 4.31. The monoisotopic (exact) mass is 386 g/mol. The third-order valence-corrected chi connectivity index (χ3v) is 10.0. The van der Waals surface area contributed by atoms with Gasteiger partial charge >= 0.3 is 5.97 Å². The van der Waals surface area contributed by atoms with Crippen LogP contribution in [-0.2, 0) is 9.22 Å². The van der Waals surface area contributed by atoms with Crippen LogP contribution in [0.4, 0.5) is 0 Å². The Balaban J connectivity index is 2.58. The van der Waals surface area contributed by atoms with Crippen molar-refractivity contribution in [3.63, 3.8) is 0 Å². The Bertz CT molecular complexity index is 711. The standard InChI is InChI=1S/C22H30O4Si/c1-21(2,3)27(17-12-8-6-9-13-17,18-14-10-7-11-15-18)26-16-22(4,5)19(23)20(24)25/h6-15,19,23H,16H2,1-5H3,(H,24,25)/t19-/m0/s1. The lowest BCUT2D eigenvalue weighted by atomic mass is 9.88. The first-order valence-electron chi connectivity index (χ1n) is 9.18. The molecular formula is C22H30O4Si. The summed E-state index contributed by atoms with van der Waals surface area (Å²) < 4.78 is 6.72. The summed E-state index contributed by atoms with van der Waals surface area (Å²) in [6.45, 7) is 10.1. The van der Waals surface area contributed by atoms with Crippen molar-refractivity contribution in [2.45, 2.75) is 45.8 Å². The van der Waals surface area contributed by atoms with E-state index in [0.29, 0.717) is 0 Å². The molecule has 4 nitrogen and oxygen atoms in total. The quantitative estimate of drug-likeness (QED) is 0.718. The molecule has 0 radical (unpaired) electrons. The summed E-state index contributed by atoms with van der Waals surface area (Å²) >= 11 is 0. The molecule has 1 atom stereocenters. The first-order chi connectivity index (χ1) is 12.5. The van der Waals surface area contributed by atoms with Gasteiger partial charge < -0.3 is 14.6 Å². The minimum Gasteiger partial charge on any atom is -0.479 e. The molecule has 0 heterocycles. The van der Waals surface area contributed by atoms with Gasteiger partial charge in [-0.05, 0) is 15.4 Å². The van der Waals surface area contributed by atoms with Crippen molar-refractivity contribution in [1.82, 2.24) is 0 Å². The maximum absolute atomic E-state index is 11.3. The van der Waals surface area contributed by atoms with Crippen LogP contribution >= 0.6 is 0 Å². The highest BCUT2D eigenvalue weighted by atomic mass is 28.4. The van der Waals surface area contributed by atoms with Gasteiger partial charge in [-0.15, -0.1) is 0 Å². The Labute approximate surface area is 163 Å². The number of carboxylic acid groups (broad SMARTS) is 1. The summed E-state index contributed by atoms with van der Waals surface area (Å²) in [4.78, 5) is 11.3. The third-order valence-electron chi connectivity index (χ3n) is 5.05. The maximum atomic E-state index is 11.3. The molecule has 2 aromatic carbocycles. The summed E-state index contributed by atoms with van der Waals surface area (Å²) in [6.07, 6.45) is -1.49. The van der Waals surface area contributed by atoms with E-state index in [1.54, 1.807) is 13.8 Å². The molecule has 0 fully saturated rings. The van der Waals surface area contributed by atoms with Crippen LogP contribution in [0, 0.1) is 5.41 Å². The largest absolute Gasteiger partial charge is 0.479 e. The van der Waals surface area contributed by atoms with E-state index in [4.69, 9.17) is 4.43 Å². The number of rotatable bonds is 7. The second-order valence-corrected chi connectivity index (χ2v) is 13.0. The molecule has 5 heteroatoms. The molecule has 0 unspecified atom stereocenters. The Morgan fingerprint density at radius 1 is 0.926 bits per heavy atom. The highest BCUT2D eigenvalue weighted by Gasteiger charge is 2.51. The molecule has 0 saturated heterocycles. The molecule has 27 heavy (non-hydrogen) atoms. The zero-order valence-corrected chi connectivity index (χ0v) is 17.8. The number of benzene rings is 2. The Morgan fingerprint density at radius 3 is 1.67 bits per heavy atom. The van der Waals surface area contributed by atoms with E-state index in [2.05, 4.69) is 45.0 Å². The van der Waals surface area contributed by atoms with E-state index in [-0.39, 0.29) is 11.6 Å². The van der Waals surface area contributed by atoms with Gasteiger partial charge in [0, 0.05) is 12.0 Å². The van der Waals surface area contributed by atoms with Crippen LogP contribution in [0.1, 0.15) is 34.6 Å². The first-order valence-corrected chi connectivity index (χ1v) is 11.1. The molecule has 0 spiro atoms. The SMILES string of the molecule is CC(C)(CO[Si](c1ccccc1)(c1ccccc1)C(C)(C)C)[C@@H](O)C(=O)O. The van der Waals surface area contributed by atoms with Gasteiger partial charge in [0.15, 0.2) is 6.10 Å². The average molecular weight is 387 g/mol. The molecule has 0 saturated carbocycles. The van der Waals surface area contributed by atoms with E-state index in [9.17, 15) is 15.0 Å². The summed E-state index contributed by atoms with van der Waals surface area (Å²) in [5.74, 6) is -1.23. The highest BCUT2D eigenvalue weighted by Crippen LogP contribution is 2.38. The zero-order valence-electron chi connectivity index (χ0n) is 16.8. The van der Waals surface area contributed by atoms with Crippen molar-refractivity contribution < 1.29 is 19.4 Å². The van der Waals surface area contributed by atoms with E-state index in [1.165, 1.54) is 0 Å². The Hall–Kier alpha value is -1.95. The molecule has 0 amide bonds. The summed E-state index contributed by atoms with van der Waals surface area (Å²) in [6, 6.07) is 20.3. The van der Waals surface area contributed by atoms with Crippen molar-refractivity contribution in [2.75, 3.05) is 6.61 Å². The molecule has 0 aromatic heterocycles. The molecule has 0 aliphatic carbocycles. The summed E-state index contributed by atoms with van der Waals surface area (Å²) in [7, 11) is -2.74. The molecule has 2 rings (SSSR count). The molecule has 0 aliphatic rings. The molecule has 0 aliphatic heterocycles. The average Bonchev–Trinajstić information content (AvgIpc) is 2.62. The smallest absolute Gasteiger partial charge is 0.333 e. The second kappa shape index (κ2) is 7.96. The Kier molecular flexibility index (Phi) is 6.30. The Morgan fingerprint density at radius 2 is 1.33 bits per heavy atom. The number of hydrogen-bond acceptors (Lipinski definition) is 3. The highest BCUT2D eigenvalue weighted by molar-refractivity contribution is 6.99. The van der Waals surface area contributed by atoms with Crippen LogP contribution in [0.15, 0.2) is 60.7 Å². The van der Waals surface area contributed by atoms with Gasteiger partial charge in [-0.1, -0.05) is 95.3 Å².